The standard InChI is InChI=1S/C20H21N3O3/c1-14-4-8-16(9-5-14)19(25)21-22-20(26)17-10-6-15(7-11-17)13-23-12-2-3-18(23)24/h4-11H,2-3,12-13H2,1H3,(H,21,25)(H,22,26). The molecule has 3 rings (SSSR count). The third-order valence-electron chi connectivity index (χ3n) is 4.36. The first-order chi connectivity index (χ1) is 12.5. The molecule has 0 radical (unpaired) electrons. The van der Waals surface area contributed by atoms with Crippen LogP contribution < -0.4 is 10.9 Å². The van der Waals surface area contributed by atoms with Crippen molar-refractivity contribution >= 4 is 17.7 Å². The van der Waals surface area contributed by atoms with Crippen LogP contribution in [-0.2, 0) is 11.3 Å². The number of likely N-dealkylation sites (tertiary alicyclic amines) is 1. The Morgan fingerprint density at radius 3 is 1.96 bits per heavy atom. The van der Waals surface area contributed by atoms with Crippen LogP contribution >= 0.6 is 0 Å². The van der Waals surface area contributed by atoms with Gasteiger partial charge >= 0.3 is 0 Å². The fraction of sp³-hybridized carbons (Fsp3) is 0.250. The van der Waals surface area contributed by atoms with E-state index in [9.17, 15) is 14.4 Å². The minimum absolute atomic E-state index is 0.172. The van der Waals surface area contributed by atoms with Crippen LogP contribution in [0.3, 0.4) is 0 Å². The summed E-state index contributed by atoms with van der Waals surface area (Å²) in [6.07, 6.45) is 1.52. The Bertz CT molecular complexity index is 813. The molecule has 2 aromatic rings. The van der Waals surface area contributed by atoms with Gasteiger partial charge in [-0.05, 0) is 43.2 Å². The van der Waals surface area contributed by atoms with Gasteiger partial charge in [0, 0.05) is 30.6 Å². The van der Waals surface area contributed by atoms with Crippen molar-refractivity contribution in [1.29, 1.82) is 0 Å². The average Bonchev–Trinajstić information content (AvgIpc) is 3.05. The molecule has 134 valence electrons. The SMILES string of the molecule is Cc1ccc(C(=O)NNC(=O)c2ccc(CN3CCCC3=O)cc2)cc1. The molecule has 0 unspecified atom stereocenters. The Labute approximate surface area is 152 Å². The minimum atomic E-state index is -0.394. The van der Waals surface area contributed by atoms with E-state index in [0.717, 1.165) is 24.1 Å². The summed E-state index contributed by atoms with van der Waals surface area (Å²) < 4.78 is 0. The summed E-state index contributed by atoms with van der Waals surface area (Å²) in [6, 6.07) is 14.1. The molecule has 1 aliphatic rings. The highest BCUT2D eigenvalue weighted by Gasteiger charge is 2.20. The Balaban J connectivity index is 1.53. The number of benzene rings is 2. The van der Waals surface area contributed by atoms with Gasteiger partial charge in [0.05, 0.1) is 0 Å². The van der Waals surface area contributed by atoms with Gasteiger partial charge in [0.1, 0.15) is 0 Å². The monoisotopic (exact) mass is 351 g/mol. The zero-order chi connectivity index (χ0) is 18.5. The van der Waals surface area contributed by atoms with E-state index in [1.165, 1.54) is 0 Å². The molecule has 1 aliphatic heterocycles. The normalized spacial score (nSPS) is 13.6. The summed E-state index contributed by atoms with van der Waals surface area (Å²) >= 11 is 0. The maximum Gasteiger partial charge on any atom is 0.269 e. The van der Waals surface area contributed by atoms with Gasteiger partial charge in [0.2, 0.25) is 5.91 Å². The lowest BCUT2D eigenvalue weighted by molar-refractivity contribution is -0.128. The van der Waals surface area contributed by atoms with Gasteiger partial charge < -0.3 is 4.90 Å². The quantitative estimate of drug-likeness (QED) is 0.829. The van der Waals surface area contributed by atoms with E-state index in [1.54, 1.807) is 24.3 Å². The molecule has 1 heterocycles. The fourth-order valence-corrected chi connectivity index (χ4v) is 2.82. The molecule has 3 amide bonds. The van der Waals surface area contributed by atoms with Crippen molar-refractivity contribution in [2.24, 2.45) is 0 Å². The Morgan fingerprint density at radius 1 is 0.923 bits per heavy atom. The molecule has 1 saturated heterocycles. The van der Waals surface area contributed by atoms with E-state index in [0.29, 0.717) is 24.1 Å². The maximum absolute atomic E-state index is 12.2. The molecule has 6 heteroatoms. The lowest BCUT2D eigenvalue weighted by Gasteiger charge is -2.15. The van der Waals surface area contributed by atoms with Gasteiger partial charge in [0.25, 0.3) is 11.8 Å². The van der Waals surface area contributed by atoms with Crippen LogP contribution in [-0.4, -0.2) is 29.2 Å². The van der Waals surface area contributed by atoms with Crippen LogP contribution in [0.25, 0.3) is 0 Å². The van der Waals surface area contributed by atoms with E-state index >= 15 is 0 Å². The van der Waals surface area contributed by atoms with Gasteiger partial charge in [-0.15, -0.1) is 0 Å². The Kier molecular flexibility index (Phi) is 5.31. The van der Waals surface area contributed by atoms with Crippen LogP contribution in [0, 0.1) is 6.92 Å². The Hall–Kier alpha value is -3.15. The highest BCUT2D eigenvalue weighted by atomic mass is 16.2. The largest absolute Gasteiger partial charge is 0.338 e. The molecule has 0 aliphatic carbocycles. The number of aryl methyl sites for hydroxylation is 1. The lowest BCUT2D eigenvalue weighted by atomic mass is 10.1. The van der Waals surface area contributed by atoms with E-state index in [1.807, 2.05) is 36.1 Å². The van der Waals surface area contributed by atoms with Crippen molar-refractivity contribution < 1.29 is 14.4 Å². The number of amides is 3. The van der Waals surface area contributed by atoms with Gasteiger partial charge in [-0.3, -0.25) is 25.2 Å². The molecule has 26 heavy (non-hydrogen) atoms. The first-order valence-corrected chi connectivity index (χ1v) is 8.57. The Morgan fingerprint density at radius 2 is 1.46 bits per heavy atom. The van der Waals surface area contributed by atoms with Crippen LogP contribution in [0.2, 0.25) is 0 Å². The van der Waals surface area contributed by atoms with Crippen LogP contribution in [0.5, 0.6) is 0 Å². The van der Waals surface area contributed by atoms with Crippen molar-refractivity contribution in [2.75, 3.05) is 6.54 Å². The zero-order valence-corrected chi connectivity index (χ0v) is 14.6. The molecule has 1 fully saturated rings. The van der Waals surface area contributed by atoms with Gasteiger partial charge in [0.15, 0.2) is 0 Å². The zero-order valence-electron chi connectivity index (χ0n) is 14.6. The highest BCUT2D eigenvalue weighted by Crippen LogP contribution is 2.14. The van der Waals surface area contributed by atoms with Crippen LogP contribution in [0.15, 0.2) is 48.5 Å². The number of nitrogens with one attached hydrogen (secondary N) is 2. The van der Waals surface area contributed by atoms with E-state index in [4.69, 9.17) is 0 Å². The van der Waals surface area contributed by atoms with Crippen molar-refractivity contribution in [3.8, 4) is 0 Å². The lowest BCUT2D eigenvalue weighted by Crippen LogP contribution is -2.41. The average molecular weight is 351 g/mol. The molecule has 2 N–H and O–H groups in total. The summed E-state index contributed by atoms with van der Waals surface area (Å²) in [5.41, 5.74) is 7.75. The summed E-state index contributed by atoms with van der Waals surface area (Å²) in [5.74, 6) is -0.595. The molecular formula is C20H21N3O3. The topological polar surface area (TPSA) is 78.5 Å². The fourth-order valence-electron chi connectivity index (χ4n) is 2.82. The number of carbonyl (C=O) groups excluding carboxylic acids is 3. The van der Waals surface area contributed by atoms with Crippen molar-refractivity contribution in [3.63, 3.8) is 0 Å². The number of hydrogen-bond acceptors (Lipinski definition) is 3. The van der Waals surface area contributed by atoms with Crippen LogP contribution in [0.1, 0.15) is 44.7 Å². The number of nitrogens with zero attached hydrogens (tertiary/aromatic N) is 1. The van der Waals surface area contributed by atoms with E-state index in [-0.39, 0.29) is 11.8 Å². The third-order valence-corrected chi connectivity index (χ3v) is 4.36. The van der Waals surface area contributed by atoms with Crippen LogP contribution in [0.4, 0.5) is 0 Å². The van der Waals surface area contributed by atoms with Crippen molar-refractivity contribution in [3.05, 3.63) is 70.8 Å². The minimum Gasteiger partial charge on any atom is -0.338 e. The number of hydrazine groups is 1. The van der Waals surface area contributed by atoms with Gasteiger partial charge in [-0.1, -0.05) is 29.8 Å². The number of hydrogen-bond donors (Lipinski definition) is 2. The molecule has 0 bridgehead atoms. The third kappa shape index (κ3) is 4.27. The second-order valence-corrected chi connectivity index (χ2v) is 6.39. The summed E-state index contributed by atoms with van der Waals surface area (Å²) in [4.78, 5) is 37.6. The van der Waals surface area contributed by atoms with Gasteiger partial charge in [-0.2, -0.15) is 0 Å². The summed E-state index contributed by atoms with van der Waals surface area (Å²) in [7, 11) is 0. The number of carbonyl (C=O) groups is 3. The second kappa shape index (κ2) is 7.82. The van der Waals surface area contributed by atoms with E-state index in [2.05, 4.69) is 10.9 Å². The second-order valence-electron chi connectivity index (χ2n) is 6.39. The molecule has 0 aromatic heterocycles. The first kappa shape index (κ1) is 17.7. The maximum atomic E-state index is 12.2. The molecule has 0 saturated carbocycles. The summed E-state index contributed by atoms with van der Waals surface area (Å²) in [6.45, 7) is 3.28. The molecule has 2 aromatic carbocycles. The molecule has 6 nitrogen and oxygen atoms in total. The first-order valence-electron chi connectivity index (χ1n) is 8.57. The number of rotatable bonds is 4. The highest BCUT2D eigenvalue weighted by molar-refractivity contribution is 5.99. The van der Waals surface area contributed by atoms with Crippen molar-refractivity contribution in [2.45, 2.75) is 26.3 Å². The predicted molar refractivity (Wildman–Crippen MR) is 97.2 cm³/mol. The van der Waals surface area contributed by atoms with E-state index < -0.39 is 5.91 Å². The van der Waals surface area contributed by atoms with Gasteiger partial charge in [-0.25, -0.2) is 0 Å². The summed E-state index contributed by atoms with van der Waals surface area (Å²) in [5, 5.41) is 0. The molecule has 0 spiro atoms. The smallest absolute Gasteiger partial charge is 0.269 e. The molecular weight excluding hydrogens is 330 g/mol. The predicted octanol–water partition coefficient (Wildman–Crippen LogP) is 2.19. The van der Waals surface area contributed by atoms with Crippen molar-refractivity contribution in [1.82, 2.24) is 15.8 Å². The molecule has 0 atom stereocenters.